The van der Waals surface area contributed by atoms with Crippen LogP contribution >= 0.6 is 27.3 Å². The molecule has 0 saturated heterocycles. The Morgan fingerprint density at radius 3 is 2.35 bits per heavy atom. The van der Waals surface area contributed by atoms with Gasteiger partial charge in [-0.3, -0.25) is 0 Å². The van der Waals surface area contributed by atoms with Gasteiger partial charge in [0, 0.05) is 21.9 Å². The van der Waals surface area contributed by atoms with E-state index in [0.29, 0.717) is 12.0 Å². The molecule has 1 N–H and O–H groups in total. The first-order chi connectivity index (χ1) is 9.61. The standard InChI is InChI=1S/C17H22BrNS/c1-4-13-5-7-14(8-6-13)17(12(2)3)19-11-16-15(18)9-10-20-16/h5-10,12,17,19H,4,11H2,1-3H3. The summed E-state index contributed by atoms with van der Waals surface area (Å²) in [6.07, 6.45) is 1.10. The van der Waals surface area contributed by atoms with Crippen LogP contribution in [0, 0.1) is 5.92 Å². The smallest absolute Gasteiger partial charge is 0.0346 e. The van der Waals surface area contributed by atoms with Crippen molar-refractivity contribution in [2.75, 3.05) is 0 Å². The molecule has 1 aromatic heterocycles. The number of hydrogen-bond donors (Lipinski definition) is 1. The minimum atomic E-state index is 0.398. The molecule has 0 radical (unpaired) electrons. The van der Waals surface area contributed by atoms with Gasteiger partial charge in [0.25, 0.3) is 0 Å². The zero-order valence-electron chi connectivity index (χ0n) is 12.3. The van der Waals surface area contributed by atoms with Gasteiger partial charge < -0.3 is 5.32 Å². The van der Waals surface area contributed by atoms with Crippen LogP contribution in [0.15, 0.2) is 40.2 Å². The van der Waals surface area contributed by atoms with Gasteiger partial charge in [-0.25, -0.2) is 0 Å². The summed E-state index contributed by atoms with van der Waals surface area (Å²) in [6, 6.07) is 11.5. The van der Waals surface area contributed by atoms with E-state index >= 15 is 0 Å². The first-order valence-electron chi connectivity index (χ1n) is 7.16. The first-order valence-corrected chi connectivity index (χ1v) is 8.83. The van der Waals surface area contributed by atoms with E-state index in [4.69, 9.17) is 0 Å². The quantitative estimate of drug-likeness (QED) is 0.718. The lowest BCUT2D eigenvalue weighted by atomic mass is 9.95. The Balaban J connectivity index is 2.08. The van der Waals surface area contributed by atoms with E-state index < -0.39 is 0 Å². The molecule has 20 heavy (non-hydrogen) atoms. The fraction of sp³-hybridized carbons (Fsp3) is 0.412. The monoisotopic (exact) mass is 351 g/mol. The molecule has 0 aliphatic carbocycles. The zero-order valence-corrected chi connectivity index (χ0v) is 14.7. The van der Waals surface area contributed by atoms with E-state index in [2.05, 4.69) is 77.7 Å². The second-order valence-corrected chi connectivity index (χ2v) is 7.24. The predicted octanol–water partition coefficient (Wildman–Crippen LogP) is 5.56. The van der Waals surface area contributed by atoms with Crippen molar-refractivity contribution < 1.29 is 0 Å². The molecule has 0 bridgehead atoms. The largest absolute Gasteiger partial charge is 0.305 e. The molecule has 3 heteroatoms. The minimum Gasteiger partial charge on any atom is -0.305 e. The summed E-state index contributed by atoms with van der Waals surface area (Å²) < 4.78 is 1.21. The van der Waals surface area contributed by atoms with Crippen LogP contribution in [0.5, 0.6) is 0 Å². The van der Waals surface area contributed by atoms with Gasteiger partial charge in [0.2, 0.25) is 0 Å². The van der Waals surface area contributed by atoms with E-state index in [9.17, 15) is 0 Å². The van der Waals surface area contributed by atoms with Crippen LogP contribution in [0.4, 0.5) is 0 Å². The molecule has 1 aromatic carbocycles. The number of nitrogens with one attached hydrogen (secondary N) is 1. The molecule has 0 fully saturated rings. The third-order valence-electron chi connectivity index (χ3n) is 3.59. The fourth-order valence-corrected chi connectivity index (χ4v) is 3.80. The van der Waals surface area contributed by atoms with Gasteiger partial charge >= 0.3 is 0 Å². The summed E-state index contributed by atoms with van der Waals surface area (Å²) >= 11 is 5.39. The molecule has 1 heterocycles. The molecule has 1 unspecified atom stereocenters. The topological polar surface area (TPSA) is 12.0 Å². The summed E-state index contributed by atoms with van der Waals surface area (Å²) in [7, 11) is 0. The van der Waals surface area contributed by atoms with E-state index in [1.807, 2.05) is 0 Å². The van der Waals surface area contributed by atoms with Gasteiger partial charge in [-0.2, -0.15) is 0 Å². The summed E-state index contributed by atoms with van der Waals surface area (Å²) in [4.78, 5) is 1.36. The highest BCUT2D eigenvalue weighted by molar-refractivity contribution is 9.10. The molecule has 1 atom stereocenters. The average molecular weight is 352 g/mol. The maximum Gasteiger partial charge on any atom is 0.0346 e. The van der Waals surface area contributed by atoms with E-state index in [0.717, 1.165) is 13.0 Å². The molecule has 0 aliphatic heterocycles. The number of hydrogen-bond acceptors (Lipinski definition) is 2. The second-order valence-electron chi connectivity index (χ2n) is 5.39. The van der Waals surface area contributed by atoms with Crippen LogP contribution < -0.4 is 5.32 Å². The van der Waals surface area contributed by atoms with Crippen LogP contribution in [0.3, 0.4) is 0 Å². The minimum absolute atomic E-state index is 0.398. The number of aryl methyl sites for hydroxylation is 1. The Kier molecular flexibility index (Phi) is 5.82. The van der Waals surface area contributed by atoms with Gasteiger partial charge in [0.15, 0.2) is 0 Å². The van der Waals surface area contributed by atoms with Gasteiger partial charge in [-0.05, 0) is 50.8 Å². The number of rotatable bonds is 6. The van der Waals surface area contributed by atoms with Gasteiger partial charge in [0.05, 0.1) is 0 Å². The Morgan fingerprint density at radius 1 is 1.15 bits per heavy atom. The number of benzene rings is 1. The van der Waals surface area contributed by atoms with E-state index in [-0.39, 0.29) is 0 Å². The van der Waals surface area contributed by atoms with Gasteiger partial charge in [-0.1, -0.05) is 45.0 Å². The molecule has 2 aromatic rings. The third-order valence-corrected chi connectivity index (χ3v) is 5.51. The average Bonchev–Trinajstić information content (AvgIpc) is 2.85. The van der Waals surface area contributed by atoms with Crippen LogP contribution in [-0.4, -0.2) is 0 Å². The number of halogens is 1. The molecule has 0 aliphatic rings. The molecule has 0 spiro atoms. The SMILES string of the molecule is CCc1ccc(C(NCc2sccc2Br)C(C)C)cc1. The van der Waals surface area contributed by atoms with E-state index in [1.165, 1.54) is 20.5 Å². The van der Waals surface area contributed by atoms with Crippen molar-refractivity contribution in [3.63, 3.8) is 0 Å². The lowest BCUT2D eigenvalue weighted by Crippen LogP contribution is -2.25. The van der Waals surface area contributed by atoms with Gasteiger partial charge in [0.1, 0.15) is 0 Å². The first kappa shape index (κ1) is 15.7. The Morgan fingerprint density at radius 2 is 1.85 bits per heavy atom. The summed E-state index contributed by atoms with van der Waals surface area (Å²) in [5, 5.41) is 5.82. The van der Waals surface area contributed by atoms with Crippen LogP contribution in [0.2, 0.25) is 0 Å². The maximum absolute atomic E-state index is 3.70. The fourth-order valence-electron chi connectivity index (χ4n) is 2.35. The second kappa shape index (κ2) is 7.39. The Hall–Kier alpha value is -0.640. The Labute approximate surface area is 134 Å². The van der Waals surface area contributed by atoms with Crippen molar-refractivity contribution in [3.8, 4) is 0 Å². The highest BCUT2D eigenvalue weighted by atomic mass is 79.9. The molecule has 0 amide bonds. The molecular weight excluding hydrogens is 330 g/mol. The summed E-state index contributed by atoms with van der Waals surface area (Å²) in [5.74, 6) is 0.571. The molecule has 2 rings (SSSR count). The van der Waals surface area contributed by atoms with Crippen molar-refractivity contribution in [2.24, 2.45) is 5.92 Å². The van der Waals surface area contributed by atoms with Crippen LogP contribution in [0.1, 0.15) is 42.8 Å². The Bertz CT molecular complexity index is 530. The third kappa shape index (κ3) is 3.94. The maximum atomic E-state index is 3.70. The highest BCUT2D eigenvalue weighted by Gasteiger charge is 2.15. The molecule has 108 valence electrons. The number of thiophene rings is 1. The zero-order chi connectivity index (χ0) is 14.5. The molecule has 0 saturated carbocycles. The molecular formula is C17H22BrNS. The highest BCUT2D eigenvalue weighted by Crippen LogP contribution is 2.26. The summed E-state index contributed by atoms with van der Waals surface area (Å²) in [6.45, 7) is 7.65. The normalized spacial score (nSPS) is 12.8. The summed E-state index contributed by atoms with van der Waals surface area (Å²) in [5.41, 5.74) is 2.78. The predicted molar refractivity (Wildman–Crippen MR) is 92.3 cm³/mol. The van der Waals surface area contributed by atoms with Crippen LogP contribution in [-0.2, 0) is 13.0 Å². The molecule has 1 nitrogen and oxygen atoms in total. The van der Waals surface area contributed by atoms with Gasteiger partial charge in [-0.15, -0.1) is 11.3 Å². The van der Waals surface area contributed by atoms with E-state index in [1.54, 1.807) is 11.3 Å². The lowest BCUT2D eigenvalue weighted by molar-refractivity contribution is 0.412. The van der Waals surface area contributed by atoms with Crippen LogP contribution in [0.25, 0.3) is 0 Å². The van der Waals surface area contributed by atoms with Crippen molar-refractivity contribution in [1.29, 1.82) is 0 Å². The van der Waals surface area contributed by atoms with Crippen molar-refractivity contribution >= 4 is 27.3 Å². The lowest BCUT2D eigenvalue weighted by Gasteiger charge is -2.23. The van der Waals surface area contributed by atoms with Crippen molar-refractivity contribution in [2.45, 2.75) is 39.8 Å². The van der Waals surface area contributed by atoms with Crippen molar-refractivity contribution in [1.82, 2.24) is 5.32 Å². The van der Waals surface area contributed by atoms with Crippen molar-refractivity contribution in [3.05, 3.63) is 56.2 Å².